The van der Waals surface area contributed by atoms with Crippen molar-refractivity contribution < 1.29 is 24.2 Å². The van der Waals surface area contributed by atoms with Crippen LogP contribution >= 0.6 is 0 Å². The van der Waals surface area contributed by atoms with Gasteiger partial charge < -0.3 is 14.6 Å². The predicted molar refractivity (Wildman–Crippen MR) is 103 cm³/mol. The van der Waals surface area contributed by atoms with Gasteiger partial charge in [0.25, 0.3) is 0 Å². The molecular weight excluding hydrogens is 358 g/mol. The second kappa shape index (κ2) is 7.37. The van der Waals surface area contributed by atoms with Crippen molar-refractivity contribution >= 4 is 11.6 Å². The molecule has 1 fully saturated rings. The van der Waals surface area contributed by atoms with Crippen LogP contribution in [0.1, 0.15) is 50.2 Å². The molecule has 0 atom stereocenters. The van der Waals surface area contributed by atoms with E-state index in [1.165, 1.54) is 14.2 Å². The van der Waals surface area contributed by atoms with Gasteiger partial charge in [0, 0.05) is 30.8 Å². The molecule has 6 nitrogen and oxygen atoms in total. The molecule has 1 aliphatic heterocycles. The molecule has 6 heteroatoms. The number of fused-ring (bicyclic) bond motifs is 2. The Balaban J connectivity index is 1.75. The summed E-state index contributed by atoms with van der Waals surface area (Å²) in [5.41, 5.74) is 2.23. The van der Waals surface area contributed by atoms with E-state index in [0.717, 1.165) is 31.5 Å². The number of aliphatic hydroxyl groups excluding tert-OH is 1. The van der Waals surface area contributed by atoms with Crippen LogP contribution in [0.25, 0.3) is 0 Å². The van der Waals surface area contributed by atoms with E-state index < -0.39 is 0 Å². The molecule has 2 aromatic rings. The van der Waals surface area contributed by atoms with Crippen molar-refractivity contribution in [3.8, 4) is 11.5 Å². The van der Waals surface area contributed by atoms with Gasteiger partial charge >= 0.3 is 0 Å². The molecule has 1 heterocycles. The summed E-state index contributed by atoms with van der Waals surface area (Å²) in [6, 6.07) is 8.68. The minimum atomic E-state index is -0.258. The highest BCUT2D eigenvalue weighted by molar-refractivity contribution is 6.30. The number of aliphatic hydroxyl groups is 1. The third-order valence-corrected chi connectivity index (χ3v) is 5.53. The van der Waals surface area contributed by atoms with Crippen LogP contribution < -0.4 is 9.47 Å². The van der Waals surface area contributed by atoms with Crippen LogP contribution in [0, 0.1) is 0 Å². The Kier molecular flexibility index (Phi) is 4.91. The van der Waals surface area contributed by atoms with Crippen LogP contribution in [0.2, 0.25) is 0 Å². The lowest BCUT2D eigenvalue weighted by Crippen LogP contribution is -2.35. The summed E-state index contributed by atoms with van der Waals surface area (Å²) < 4.78 is 10.8. The van der Waals surface area contributed by atoms with Crippen molar-refractivity contribution in [2.75, 3.05) is 27.3 Å². The summed E-state index contributed by atoms with van der Waals surface area (Å²) in [5.74, 6) is 0.336. The lowest BCUT2D eigenvalue weighted by Gasteiger charge is -2.30. The number of nitrogens with zero attached hydrogens (tertiary/aromatic N) is 1. The Morgan fingerprint density at radius 1 is 0.964 bits per heavy atom. The van der Waals surface area contributed by atoms with Gasteiger partial charge in [-0.1, -0.05) is 12.1 Å². The minimum absolute atomic E-state index is 0.197. The fourth-order valence-electron chi connectivity index (χ4n) is 4.07. The number of hydrogen-bond acceptors (Lipinski definition) is 6. The standard InChI is InChI=1S/C22H23NO5/c1-27-17-5-3-4-15-19(17)22(26)20-16(21(15)25)10-13(11-18(20)28-2)12-23-8-6-14(24)7-9-23/h3-5,10-11,14,24H,6-9,12H2,1-2H3. The highest BCUT2D eigenvalue weighted by Gasteiger charge is 2.35. The van der Waals surface area contributed by atoms with E-state index in [4.69, 9.17) is 9.47 Å². The molecular formula is C22H23NO5. The van der Waals surface area contributed by atoms with Crippen LogP contribution in [0.15, 0.2) is 30.3 Å². The quantitative estimate of drug-likeness (QED) is 0.748. The van der Waals surface area contributed by atoms with E-state index in [-0.39, 0.29) is 17.7 Å². The zero-order valence-electron chi connectivity index (χ0n) is 16.0. The molecule has 0 saturated carbocycles. The van der Waals surface area contributed by atoms with Crippen molar-refractivity contribution in [2.24, 2.45) is 0 Å². The molecule has 0 radical (unpaired) electrons. The number of methoxy groups -OCH3 is 2. The smallest absolute Gasteiger partial charge is 0.201 e. The van der Waals surface area contributed by atoms with Crippen LogP contribution in [0.3, 0.4) is 0 Å². The maximum Gasteiger partial charge on any atom is 0.201 e. The Hall–Kier alpha value is -2.70. The van der Waals surface area contributed by atoms with E-state index in [1.54, 1.807) is 24.3 Å². The number of ether oxygens (including phenoxy) is 2. The minimum Gasteiger partial charge on any atom is -0.496 e. The van der Waals surface area contributed by atoms with E-state index >= 15 is 0 Å². The third-order valence-electron chi connectivity index (χ3n) is 5.53. The largest absolute Gasteiger partial charge is 0.496 e. The van der Waals surface area contributed by atoms with Gasteiger partial charge in [-0.15, -0.1) is 0 Å². The molecule has 1 saturated heterocycles. The summed E-state index contributed by atoms with van der Waals surface area (Å²) in [4.78, 5) is 28.6. The molecule has 0 amide bonds. The SMILES string of the molecule is COc1cccc2c1C(=O)c1c(OC)cc(CN3CCC(O)CC3)cc1C2=O. The first kappa shape index (κ1) is 18.7. The summed E-state index contributed by atoms with van der Waals surface area (Å²) in [6.45, 7) is 2.24. The monoisotopic (exact) mass is 381 g/mol. The summed E-state index contributed by atoms with van der Waals surface area (Å²) in [5, 5.41) is 9.69. The average molecular weight is 381 g/mol. The highest BCUT2D eigenvalue weighted by Crippen LogP contribution is 2.38. The van der Waals surface area contributed by atoms with Crippen LogP contribution in [-0.4, -0.2) is 55.0 Å². The maximum absolute atomic E-state index is 13.2. The fourth-order valence-corrected chi connectivity index (χ4v) is 4.07. The molecule has 28 heavy (non-hydrogen) atoms. The average Bonchev–Trinajstić information content (AvgIpc) is 2.72. The van der Waals surface area contributed by atoms with Crippen molar-refractivity contribution in [2.45, 2.75) is 25.5 Å². The fraction of sp³-hybridized carbons (Fsp3) is 0.364. The van der Waals surface area contributed by atoms with E-state index in [2.05, 4.69) is 4.90 Å². The Morgan fingerprint density at radius 3 is 2.32 bits per heavy atom. The van der Waals surface area contributed by atoms with Crippen LogP contribution in [0.5, 0.6) is 11.5 Å². The van der Waals surface area contributed by atoms with E-state index in [1.807, 2.05) is 6.07 Å². The van der Waals surface area contributed by atoms with Crippen molar-refractivity contribution in [3.63, 3.8) is 0 Å². The molecule has 1 aliphatic carbocycles. The molecule has 1 N–H and O–H groups in total. The number of hydrogen-bond donors (Lipinski definition) is 1. The van der Waals surface area contributed by atoms with Gasteiger partial charge in [-0.25, -0.2) is 0 Å². The number of likely N-dealkylation sites (tertiary alicyclic amines) is 1. The molecule has 4 rings (SSSR count). The predicted octanol–water partition coefficient (Wildman–Crippen LogP) is 2.44. The normalized spacial score (nSPS) is 17.2. The van der Waals surface area contributed by atoms with Crippen LogP contribution in [-0.2, 0) is 6.54 Å². The van der Waals surface area contributed by atoms with Crippen molar-refractivity contribution in [1.29, 1.82) is 0 Å². The zero-order valence-corrected chi connectivity index (χ0v) is 16.0. The van der Waals surface area contributed by atoms with E-state index in [0.29, 0.717) is 40.3 Å². The second-order valence-corrected chi connectivity index (χ2v) is 7.27. The number of ketones is 2. The van der Waals surface area contributed by atoms with Gasteiger partial charge in [0.15, 0.2) is 5.78 Å². The Labute approximate surface area is 163 Å². The van der Waals surface area contributed by atoms with Gasteiger partial charge in [0.05, 0.1) is 31.5 Å². The number of carbonyl (C=O) groups excluding carboxylic acids is 2. The molecule has 0 unspecified atom stereocenters. The molecule has 0 spiro atoms. The Morgan fingerprint density at radius 2 is 1.64 bits per heavy atom. The zero-order chi connectivity index (χ0) is 19.8. The number of rotatable bonds is 4. The highest BCUT2D eigenvalue weighted by atomic mass is 16.5. The van der Waals surface area contributed by atoms with Crippen molar-refractivity contribution in [1.82, 2.24) is 4.90 Å². The first-order valence-electron chi connectivity index (χ1n) is 9.41. The second-order valence-electron chi connectivity index (χ2n) is 7.27. The van der Waals surface area contributed by atoms with Crippen LogP contribution in [0.4, 0.5) is 0 Å². The number of piperidine rings is 1. The van der Waals surface area contributed by atoms with Gasteiger partial charge in [-0.3, -0.25) is 14.5 Å². The summed E-state index contributed by atoms with van der Waals surface area (Å²) in [6.07, 6.45) is 1.25. The third kappa shape index (κ3) is 3.08. The maximum atomic E-state index is 13.2. The van der Waals surface area contributed by atoms with Crippen molar-refractivity contribution in [3.05, 3.63) is 58.1 Å². The lowest BCUT2D eigenvalue weighted by molar-refractivity contribution is 0.0791. The number of benzene rings is 2. The first-order valence-corrected chi connectivity index (χ1v) is 9.41. The van der Waals surface area contributed by atoms with E-state index in [9.17, 15) is 14.7 Å². The summed E-state index contributed by atoms with van der Waals surface area (Å²) in [7, 11) is 2.99. The first-order chi connectivity index (χ1) is 13.5. The lowest BCUT2D eigenvalue weighted by atomic mass is 9.82. The van der Waals surface area contributed by atoms with Gasteiger partial charge in [0.1, 0.15) is 11.5 Å². The topological polar surface area (TPSA) is 76.1 Å². The molecule has 146 valence electrons. The molecule has 2 aliphatic rings. The summed E-state index contributed by atoms with van der Waals surface area (Å²) >= 11 is 0. The Bertz CT molecular complexity index is 944. The molecule has 2 aromatic carbocycles. The number of carbonyl (C=O) groups is 2. The molecule has 0 bridgehead atoms. The van der Waals surface area contributed by atoms with Gasteiger partial charge in [-0.05, 0) is 36.6 Å². The molecule has 0 aromatic heterocycles. The van der Waals surface area contributed by atoms with Gasteiger partial charge in [-0.2, -0.15) is 0 Å². The van der Waals surface area contributed by atoms with Gasteiger partial charge in [0.2, 0.25) is 5.78 Å².